The molecule has 9 heteroatoms. The number of rotatable bonds is 2. The maximum atomic E-state index is 13.8. The van der Waals surface area contributed by atoms with Crippen molar-refractivity contribution in [2.24, 2.45) is 27.6 Å². The van der Waals surface area contributed by atoms with Crippen LogP contribution in [0.4, 0.5) is 0 Å². The molecule has 2 saturated carbocycles. The first-order valence-electron chi connectivity index (χ1n) is 13.0. The smallest absolute Gasteiger partial charge is 0.339 e. The fourth-order valence-corrected chi connectivity index (χ4v) is 10.00. The number of fused-ring (bicyclic) bond motifs is 1. The molecule has 5 fully saturated rings. The third kappa shape index (κ3) is 2.15. The molecule has 3 aliphatic carbocycles. The molecule has 0 unspecified atom stereocenters. The molecule has 37 heavy (non-hydrogen) atoms. The summed E-state index contributed by atoms with van der Waals surface area (Å²) in [6.45, 7) is 9.15. The van der Waals surface area contributed by atoms with Gasteiger partial charge in [-0.15, -0.1) is 0 Å². The van der Waals surface area contributed by atoms with Crippen molar-refractivity contribution in [1.29, 1.82) is 0 Å². The van der Waals surface area contributed by atoms with Gasteiger partial charge in [-0.3, -0.25) is 9.59 Å². The average Bonchev–Trinajstić information content (AvgIpc) is 3.13. The van der Waals surface area contributed by atoms with Crippen LogP contribution in [0.15, 0.2) is 35.2 Å². The van der Waals surface area contributed by atoms with E-state index in [1.807, 2.05) is 33.8 Å². The first kappa shape index (κ1) is 23.6. The fraction of sp³-hybridized carbons (Fsp3) is 0.679. The number of epoxide rings is 1. The molecule has 3 saturated heterocycles. The first-order valence-corrected chi connectivity index (χ1v) is 13.0. The Bertz CT molecular complexity index is 1270. The third-order valence-electron chi connectivity index (χ3n) is 11.3. The highest BCUT2D eigenvalue weighted by Crippen LogP contribution is 2.82. The normalized spacial score (nSPS) is 52.3. The molecule has 3 aliphatic heterocycles. The molecule has 7 rings (SSSR count). The number of hydrogen-bond acceptors (Lipinski definition) is 9. The lowest BCUT2D eigenvalue weighted by Gasteiger charge is -2.69. The van der Waals surface area contributed by atoms with Crippen molar-refractivity contribution in [1.82, 2.24) is 0 Å². The highest BCUT2D eigenvalue weighted by molar-refractivity contribution is 6.01. The van der Waals surface area contributed by atoms with Crippen LogP contribution >= 0.6 is 0 Å². The fourth-order valence-electron chi connectivity index (χ4n) is 10.00. The number of esters is 2. The number of ketones is 1. The minimum atomic E-state index is -1.31. The number of furan rings is 1. The van der Waals surface area contributed by atoms with E-state index in [4.69, 9.17) is 23.4 Å². The predicted octanol–water partition coefficient (Wildman–Crippen LogP) is 2.66. The number of hydrogen-bond donors (Lipinski definition) is 1. The molecule has 9 nitrogen and oxygen atoms in total. The second kappa shape index (κ2) is 6.55. The Kier molecular flexibility index (Phi) is 4.18. The van der Waals surface area contributed by atoms with Gasteiger partial charge in [0, 0.05) is 28.7 Å². The van der Waals surface area contributed by atoms with Crippen molar-refractivity contribution < 1.29 is 42.9 Å². The molecule has 1 N–H and O–H groups in total. The van der Waals surface area contributed by atoms with Gasteiger partial charge in [0.15, 0.2) is 11.9 Å². The summed E-state index contributed by atoms with van der Waals surface area (Å²) in [6.07, 6.45) is 3.83. The SMILES string of the molecule is CC(=O)O[C@H]1[C@@H](O)[C@]2(C)[C@H](CC[C@@]3(C)[C@H](c4ccoc4)OC(=O)[C@H]4O[C@@]423)[C@@]23C=CC(=O)[C@@]12C(C)(C)OC3. The zero-order chi connectivity index (χ0) is 26.4. The van der Waals surface area contributed by atoms with Crippen LogP contribution in [-0.4, -0.2) is 58.9 Å². The van der Waals surface area contributed by atoms with E-state index in [1.54, 1.807) is 24.7 Å². The van der Waals surface area contributed by atoms with E-state index < -0.39 is 69.2 Å². The van der Waals surface area contributed by atoms with Crippen LogP contribution < -0.4 is 0 Å². The molecular formula is C28H32O9. The number of aliphatic hydroxyl groups excluding tert-OH is 1. The second-order valence-electron chi connectivity index (χ2n) is 12.7. The van der Waals surface area contributed by atoms with Gasteiger partial charge in [0.1, 0.15) is 29.3 Å². The summed E-state index contributed by atoms with van der Waals surface area (Å²) >= 11 is 0. The summed E-state index contributed by atoms with van der Waals surface area (Å²) in [5.41, 5.74) is -5.32. The molecule has 0 radical (unpaired) electrons. The van der Waals surface area contributed by atoms with E-state index in [2.05, 4.69) is 0 Å². The van der Waals surface area contributed by atoms with Gasteiger partial charge in [-0.1, -0.05) is 19.9 Å². The summed E-state index contributed by atoms with van der Waals surface area (Å²) in [6, 6.07) is 1.78. The van der Waals surface area contributed by atoms with Gasteiger partial charge < -0.3 is 28.5 Å². The van der Waals surface area contributed by atoms with E-state index >= 15 is 0 Å². The zero-order valence-electron chi connectivity index (χ0n) is 21.6. The summed E-state index contributed by atoms with van der Waals surface area (Å²) in [5, 5.41) is 12.4. The third-order valence-corrected chi connectivity index (χ3v) is 11.3. The van der Waals surface area contributed by atoms with Gasteiger partial charge in [-0.2, -0.15) is 0 Å². The van der Waals surface area contributed by atoms with Crippen LogP contribution in [0.3, 0.4) is 0 Å². The van der Waals surface area contributed by atoms with Crippen LogP contribution in [0.25, 0.3) is 0 Å². The monoisotopic (exact) mass is 512 g/mol. The topological polar surface area (TPSA) is 125 Å². The van der Waals surface area contributed by atoms with Crippen LogP contribution in [0, 0.1) is 27.6 Å². The molecule has 4 heterocycles. The molecule has 198 valence electrons. The molecule has 6 aliphatic rings. The first-order chi connectivity index (χ1) is 17.3. The number of ether oxygens (including phenoxy) is 4. The molecule has 1 aromatic rings. The zero-order valence-corrected chi connectivity index (χ0v) is 21.6. The van der Waals surface area contributed by atoms with Gasteiger partial charge >= 0.3 is 11.9 Å². The molecular weight excluding hydrogens is 480 g/mol. The van der Waals surface area contributed by atoms with Crippen molar-refractivity contribution in [3.8, 4) is 0 Å². The number of carbonyl (C=O) groups excluding carboxylic acids is 3. The number of allylic oxidation sites excluding steroid dienone is 1. The Morgan fingerprint density at radius 2 is 1.92 bits per heavy atom. The Morgan fingerprint density at radius 3 is 2.59 bits per heavy atom. The minimum absolute atomic E-state index is 0.208. The van der Waals surface area contributed by atoms with Crippen molar-refractivity contribution in [3.05, 3.63) is 36.3 Å². The molecule has 1 spiro atoms. The van der Waals surface area contributed by atoms with E-state index in [-0.39, 0.29) is 18.3 Å². The highest BCUT2D eigenvalue weighted by atomic mass is 16.7. The van der Waals surface area contributed by atoms with Crippen molar-refractivity contribution in [2.45, 2.75) is 83.1 Å². The van der Waals surface area contributed by atoms with Crippen LogP contribution in [0.1, 0.15) is 59.1 Å². The van der Waals surface area contributed by atoms with Gasteiger partial charge in [0.25, 0.3) is 0 Å². The summed E-state index contributed by atoms with van der Waals surface area (Å²) < 4.78 is 30.0. The number of aliphatic hydroxyl groups is 1. The van der Waals surface area contributed by atoms with E-state index in [1.165, 1.54) is 6.92 Å². The predicted molar refractivity (Wildman–Crippen MR) is 125 cm³/mol. The quantitative estimate of drug-likeness (QED) is 0.470. The largest absolute Gasteiger partial charge is 0.472 e. The molecule has 0 aromatic carbocycles. The van der Waals surface area contributed by atoms with Gasteiger partial charge in [0.05, 0.1) is 24.7 Å². The molecule has 10 atom stereocenters. The maximum absolute atomic E-state index is 13.8. The molecule has 1 aromatic heterocycles. The molecule has 0 amide bonds. The Labute approximate surface area is 214 Å². The highest BCUT2D eigenvalue weighted by Gasteiger charge is 2.93. The average molecular weight is 513 g/mol. The van der Waals surface area contributed by atoms with Gasteiger partial charge in [-0.05, 0) is 44.7 Å². The number of carbonyl (C=O) groups is 3. The van der Waals surface area contributed by atoms with Crippen LogP contribution in [-0.2, 0) is 33.3 Å². The standard InChI is InChI=1S/C28H32O9/c1-14(29)35-20-18(31)25(5)16(26-10-7-17(30)27(20,26)23(2,3)34-13-26)6-9-24(4)19(15-8-11-33-12-15)36-22(32)21-28(24,25)37-21/h7-8,10-12,16,18-21,31H,6,9,13H2,1-5H3/t16-,18+,19-,20-,21+,24-,25-,26-,27-,28+/m0/s1. The van der Waals surface area contributed by atoms with Gasteiger partial charge in [-0.25, -0.2) is 4.79 Å². The summed E-state index contributed by atoms with van der Waals surface area (Å²) in [4.78, 5) is 39.6. The summed E-state index contributed by atoms with van der Waals surface area (Å²) in [5.74, 6) is -1.58. The molecule has 0 bridgehead atoms. The lowest BCUT2D eigenvalue weighted by atomic mass is 9.34. The van der Waals surface area contributed by atoms with E-state index in [9.17, 15) is 19.5 Å². The lowest BCUT2D eigenvalue weighted by Crippen LogP contribution is -2.79. The van der Waals surface area contributed by atoms with E-state index in [0.717, 1.165) is 5.56 Å². The number of cyclic esters (lactones) is 1. The Balaban J connectivity index is 1.48. The minimum Gasteiger partial charge on any atom is -0.472 e. The van der Waals surface area contributed by atoms with Crippen molar-refractivity contribution >= 4 is 17.7 Å². The lowest BCUT2D eigenvalue weighted by molar-refractivity contribution is -0.286. The maximum Gasteiger partial charge on any atom is 0.339 e. The Hall–Kier alpha value is -2.49. The van der Waals surface area contributed by atoms with Crippen LogP contribution in [0.2, 0.25) is 0 Å². The summed E-state index contributed by atoms with van der Waals surface area (Å²) in [7, 11) is 0. The van der Waals surface area contributed by atoms with Crippen molar-refractivity contribution in [3.63, 3.8) is 0 Å². The van der Waals surface area contributed by atoms with Crippen LogP contribution in [0.5, 0.6) is 0 Å². The van der Waals surface area contributed by atoms with Gasteiger partial charge in [0.2, 0.25) is 0 Å². The Morgan fingerprint density at radius 1 is 1.16 bits per heavy atom. The second-order valence-corrected chi connectivity index (χ2v) is 12.7. The van der Waals surface area contributed by atoms with E-state index in [0.29, 0.717) is 12.8 Å². The van der Waals surface area contributed by atoms with Crippen molar-refractivity contribution in [2.75, 3.05) is 6.61 Å².